The molecule has 0 saturated heterocycles. The van der Waals surface area contributed by atoms with Crippen LogP contribution in [-0.4, -0.2) is 36.0 Å². The molecular formula is C18H13N5O3. The van der Waals surface area contributed by atoms with Gasteiger partial charge in [0.1, 0.15) is 5.56 Å². The molecule has 3 heterocycles. The zero-order chi connectivity index (χ0) is 18.1. The normalized spacial score (nSPS) is 10.8. The van der Waals surface area contributed by atoms with Crippen molar-refractivity contribution in [2.24, 2.45) is 0 Å². The second-order valence-electron chi connectivity index (χ2n) is 5.55. The van der Waals surface area contributed by atoms with Crippen LogP contribution in [-0.2, 0) is 0 Å². The molecule has 128 valence electrons. The third-order valence-corrected chi connectivity index (χ3v) is 3.91. The van der Waals surface area contributed by atoms with E-state index in [1.165, 1.54) is 10.9 Å². The Morgan fingerprint density at radius 1 is 1.15 bits per heavy atom. The van der Waals surface area contributed by atoms with Crippen molar-refractivity contribution < 1.29 is 14.4 Å². The molecule has 0 fully saturated rings. The predicted molar refractivity (Wildman–Crippen MR) is 91.8 cm³/mol. The van der Waals surface area contributed by atoms with E-state index >= 15 is 0 Å². The fourth-order valence-corrected chi connectivity index (χ4v) is 2.56. The van der Waals surface area contributed by atoms with Crippen LogP contribution in [0.2, 0.25) is 0 Å². The van der Waals surface area contributed by atoms with Gasteiger partial charge < -0.3 is 9.63 Å². The molecule has 8 heteroatoms. The number of carboxylic acid groups (broad SMARTS) is 1. The van der Waals surface area contributed by atoms with Gasteiger partial charge in [-0.15, -0.1) is 0 Å². The van der Waals surface area contributed by atoms with Gasteiger partial charge in [0.15, 0.2) is 5.82 Å². The number of pyridine rings is 1. The first-order chi connectivity index (χ1) is 12.6. The summed E-state index contributed by atoms with van der Waals surface area (Å²) in [6.45, 7) is 1.67. The lowest BCUT2D eigenvalue weighted by Gasteiger charge is -2.04. The first-order valence-electron chi connectivity index (χ1n) is 7.77. The van der Waals surface area contributed by atoms with Crippen LogP contribution >= 0.6 is 0 Å². The number of carboxylic acids is 1. The number of aromatic nitrogens is 5. The SMILES string of the molecule is Cc1c(C(=O)O)cnn1-c1cc(-c2nc(-c3ccccc3)no2)ccn1. The van der Waals surface area contributed by atoms with Gasteiger partial charge in [0.2, 0.25) is 5.82 Å². The summed E-state index contributed by atoms with van der Waals surface area (Å²) in [5.74, 6) is 0.263. The van der Waals surface area contributed by atoms with Crippen molar-refractivity contribution >= 4 is 5.97 Å². The molecule has 0 spiro atoms. The zero-order valence-corrected chi connectivity index (χ0v) is 13.7. The number of benzene rings is 1. The molecule has 0 unspecified atom stereocenters. The van der Waals surface area contributed by atoms with Crippen molar-refractivity contribution in [2.45, 2.75) is 6.92 Å². The minimum absolute atomic E-state index is 0.126. The Kier molecular flexibility index (Phi) is 3.77. The third-order valence-electron chi connectivity index (χ3n) is 3.91. The molecule has 0 amide bonds. The fraction of sp³-hybridized carbons (Fsp3) is 0.0556. The molecule has 4 rings (SSSR count). The van der Waals surface area contributed by atoms with Crippen LogP contribution in [0.1, 0.15) is 16.1 Å². The van der Waals surface area contributed by atoms with E-state index in [1.807, 2.05) is 30.3 Å². The largest absolute Gasteiger partial charge is 0.478 e. The van der Waals surface area contributed by atoms with Gasteiger partial charge in [0.05, 0.1) is 11.9 Å². The van der Waals surface area contributed by atoms with Crippen LogP contribution in [0.5, 0.6) is 0 Å². The molecule has 0 bridgehead atoms. The lowest BCUT2D eigenvalue weighted by atomic mass is 10.2. The van der Waals surface area contributed by atoms with Gasteiger partial charge in [0, 0.05) is 17.3 Å². The van der Waals surface area contributed by atoms with Crippen LogP contribution < -0.4 is 0 Å². The average Bonchev–Trinajstić information content (AvgIpc) is 3.30. The standard InChI is InChI=1S/C18H13N5O3/c1-11-14(18(24)25)10-20-23(11)15-9-13(7-8-19-15)17-21-16(22-26-17)12-5-3-2-4-6-12/h2-10H,1H3,(H,24,25). The summed E-state index contributed by atoms with van der Waals surface area (Å²) in [5.41, 5.74) is 2.13. The summed E-state index contributed by atoms with van der Waals surface area (Å²) in [7, 11) is 0. The number of rotatable bonds is 4. The topological polar surface area (TPSA) is 107 Å². The van der Waals surface area contributed by atoms with Gasteiger partial charge in [-0.25, -0.2) is 14.5 Å². The van der Waals surface area contributed by atoms with Crippen LogP contribution in [0, 0.1) is 6.92 Å². The first-order valence-corrected chi connectivity index (χ1v) is 7.77. The summed E-state index contributed by atoms with van der Waals surface area (Å²) in [6.07, 6.45) is 2.88. The van der Waals surface area contributed by atoms with Crippen LogP contribution in [0.4, 0.5) is 0 Å². The maximum atomic E-state index is 11.2. The zero-order valence-electron chi connectivity index (χ0n) is 13.7. The molecular weight excluding hydrogens is 334 g/mol. The summed E-state index contributed by atoms with van der Waals surface area (Å²) >= 11 is 0. The highest BCUT2D eigenvalue weighted by Crippen LogP contribution is 2.23. The molecule has 26 heavy (non-hydrogen) atoms. The van der Waals surface area contributed by atoms with E-state index < -0.39 is 5.97 Å². The maximum absolute atomic E-state index is 11.2. The van der Waals surface area contributed by atoms with E-state index in [0.717, 1.165) is 5.56 Å². The van der Waals surface area contributed by atoms with Crippen molar-refractivity contribution in [3.05, 3.63) is 66.1 Å². The summed E-state index contributed by atoms with van der Waals surface area (Å²) in [4.78, 5) is 19.8. The number of aromatic carboxylic acids is 1. The Hall–Kier alpha value is -3.81. The maximum Gasteiger partial charge on any atom is 0.339 e. The quantitative estimate of drug-likeness (QED) is 0.604. The Balaban J connectivity index is 1.71. The Morgan fingerprint density at radius 3 is 2.69 bits per heavy atom. The van der Waals surface area contributed by atoms with Crippen molar-refractivity contribution in [1.82, 2.24) is 24.9 Å². The number of carbonyl (C=O) groups is 1. The second-order valence-corrected chi connectivity index (χ2v) is 5.55. The molecule has 3 aromatic heterocycles. The van der Waals surface area contributed by atoms with Gasteiger partial charge in [-0.3, -0.25) is 0 Å². The van der Waals surface area contributed by atoms with Gasteiger partial charge in [0.25, 0.3) is 5.89 Å². The van der Waals surface area contributed by atoms with Gasteiger partial charge in [-0.1, -0.05) is 35.5 Å². The molecule has 0 radical (unpaired) electrons. The molecule has 1 aromatic carbocycles. The Bertz CT molecular complexity index is 1090. The number of hydrogen-bond acceptors (Lipinski definition) is 6. The minimum atomic E-state index is -1.03. The summed E-state index contributed by atoms with van der Waals surface area (Å²) < 4.78 is 6.82. The van der Waals surface area contributed by atoms with Crippen molar-refractivity contribution in [3.63, 3.8) is 0 Å². The minimum Gasteiger partial charge on any atom is -0.478 e. The van der Waals surface area contributed by atoms with Crippen LogP contribution in [0.15, 0.2) is 59.4 Å². The Morgan fingerprint density at radius 2 is 1.96 bits per heavy atom. The van der Waals surface area contributed by atoms with Crippen molar-refractivity contribution in [1.29, 1.82) is 0 Å². The molecule has 8 nitrogen and oxygen atoms in total. The van der Waals surface area contributed by atoms with E-state index in [9.17, 15) is 4.79 Å². The molecule has 0 saturated carbocycles. The predicted octanol–water partition coefficient (Wildman–Crippen LogP) is 2.99. The number of nitrogens with zero attached hydrogens (tertiary/aromatic N) is 5. The molecule has 0 aliphatic rings. The monoisotopic (exact) mass is 347 g/mol. The number of hydrogen-bond donors (Lipinski definition) is 1. The van der Waals surface area contributed by atoms with E-state index in [1.54, 1.807) is 25.3 Å². The Labute approximate surface area is 147 Å². The highest BCUT2D eigenvalue weighted by molar-refractivity contribution is 5.88. The third kappa shape index (κ3) is 2.73. The van der Waals surface area contributed by atoms with Crippen molar-refractivity contribution in [2.75, 3.05) is 0 Å². The first kappa shape index (κ1) is 15.7. The summed E-state index contributed by atoms with van der Waals surface area (Å²) in [5, 5.41) is 17.3. The molecule has 4 aromatic rings. The molecule has 0 aliphatic carbocycles. The van der Waals surface area contributed by atoms with Gasteiger partial charge >= 0.3 is 5.97 Å². The molecule has 1 N–H and O–H groups in total. The lowest BCUT2D eigenvalue weighted by Crippen LogP contribution is -2.04. The average molecular weight is 347 g/mol. The fourth-order valence-electron chi connectivity index (χ4n) is 2.56. The smallest absolute Gasteiger partial charge is 0.339 e. The van der Waals surface area contributed by atoms with E-state index in [4.69, 9.17) is 9.63 Å². The van der Waals surface area contributed by atoms with E-state index in [2.05, 4.69) is 20.2 Å². The molecule has 0 aliphatic heterocycles. The van der Waals surface area contributed by atoms with E-state index in [-0.39, 0.29) is 5.56 Å². The summed E-state index contributed by atoms with van der Waals surface area (Å²) in [6, 6.07) is 13.0. The highest BCUT2D eigenvalue weighted by atomic mass is 16.5. The van der Waals surface area contributed by atoms with Crippen LogP contribution in [0.3, 0.4) is 0 Å². The van der Waals surface area contributed by atoms with Crippen molar-refractivity contribution in [3.8, 4) is 28.7 Å². The van der Waals surface area contributed by atoms with Gasteiger partial charge in [-0.2, -0.15) is 10.1 Å². The van der Waals surface area contributed by atoms with Gasteiger partial charge in [-0.05, 0) is 19.1 Å². The lowest BCUT2D eigenvalue weighted by molar-refractivity contribution is 0.0696. The molecule has 0 atom stereocenters. The van der Waals surface area contributed by atoms with Crippen LogP contribution in [0.25, 0.3) is 28.7 Å². The second kappa shape index (κ2) is 6.25. The highest BCUT2D eigenvalue weighted by Gasteiger charge is 2.16. The van der Waals surface area contributed by atoms with E-state index in [0.29, 0.717) is 28.8 Å².